The van der Waals surface area contributed by atoms with Crippen molar-refractivity contribution in [2.24, 2.45) is 0 Å². The lowest BCUT2D eigenvalue weighted by Crippen LogP contribution is -2.49. The van der Waals surface area contributed by atoms with Gasteiger partial charge in [-0.2, -0.15) is 0 Å². The Morgan fingerprint density at radius 3 is 2.36 bits per heavy atom. The molecule has 2 saturated heterocycles. The number of amides is 1. The maximum atomic E-state index is 13.7. The molecule has 0 saturated carbocycles. The first-order valence-electron chi connectivity index (χ1n) is 12.8. The van der Waals surface area contributed by atoms with Gasteiger partial charge < -0.3 is 10.1 Å². The van der Waals surface area contributed by atoms with Gasteiger partial charge in [0.25, 0.3) is 0 Å². The lowest BCUT2D eigenvalue weighted by molar-refractivity contribution is -0.120. The first-order valence-corrected chi connectivity index (χ1v) is 12.8. The number of fused-ring (bicyclic) bond motifs is 2. The highest BCUT2D eigenvalue weighted by atomic mass is 19.1. The SMILES string of the molecule is Cc1ccc(C(c2ccc(F)cc2)N2CCN(CC3CC4(CO3)C(=O)Nc3ccccc34)CC2)cc1. The number of rotatable bonds is 5. The molecule has 36 heavy (non-hydrogen) atoms. The quantitative estimate of drug-likeness (QED) is 0.577. The van der Waals surface area contributed by atoms with Crippen molar-refractivity contribution < 1.29 is 13.9 Å². The number of nitrogens with one attached hydrogen (secondary N) is 1. The van der Waals surface area contributed by atoms with Crippen LogP contribution in [0, 0.1) is 12.7 Å². The van der Waals surface area contributed by atoms with Crippen LogP contribution in [-0.2, 0) is 14.9 Å². The van der Waals surface area contributed by atoms with E-state index in [-0.39, 0.29) is 23.9 Å². The second kappa shape index (κ2) is 9.43. The van der Waals surface area contributed by atoms with E-state index >= 15 is 0 Å². The van der Waals surface area contributed by atoms with Gasteiger partial charge in [-0.15, -0.1) is 0 Å². The van der Waals surface area contributed by atoms with Crippen LogP contribution in [0.2, 0.25) is 0 Å². The zero-order chi connectivity index (χ0) is 24.7. The van der Waals surface area contributed by atoms with Crippen LogP contribution in [-0.4, -0.2) is 61.1 Å². The predicted molar refractivity (Wildman–Crippen MR) is 139 cm³/mol. The molecule has 1 spiro atoms. The molecule has 3 aliphatic rings. The molecule has 2 fully saturated rings. The summed E-state index contributed by atoms with van der Waals surface area (Å²) in [6.45, 7) is 7.06. The Morgan fingerprint density at radius 2 is 1.64 bits per heavy atom. The summed E-state index contributed by atoms with van der Waals surface area (Å²) in [7, 11) is 0. The van der Waals surface area contributed by atoms with E-state index in [1.54, 1.807) is 12.1 Å². The van der Waals surface area contributed by atoms with Crippen molar-refractivity contribution in [3.05, 3.63) is 101 Å². The van der Waals surface area contributed by atoms with Crippen molar-refractivity contribution in [2.75, 3.05) is 44.6 Å². The molecule has 6 rings (SSSR count). The van der Waals surface area contributed by atoms with Crippen LogP contribution in [0.3, 0.4) is 0 Å². The van der Waals surface area contributed by atoms with E-state index in [1.807, 2.05) is 30.3 Å². The molecule has 186 valence electrons. The third-order valence-electron chi connectivity index (χ3n) is 8.08. The second-order valence-corrected chi connectivity index (χ2v) is 10.4. The fourth-order valence-corrected chi connectivity index (χ4v) is 6.10. The van der Waals surface area contributed by atoms with Crippen LogP contribution >= 0.6 is 0 Å². The second-order valence-electron chi connectivity index (χ2n) is 10.4. The smallest absolute Gasteiger partial charge is 0.237 e. The molecule has 1 amide bonds. The Morgan fingerprint density at radius 1 is 0.972 bits per heavy atom. The van der Waals surface area contributed by atoms with Crippen molar-refractivity contribution in [3.8, 4) is 0 Å². The molecular weight excluding hydrogens is 453 g/mol. The monoisotopic (exact) mass is 485 g/mol. The van der Waals surface area contributed by atoms with Crippen molar-refractivity contribution in [2.45, 2.75) is 30.9 Å². The molecule has 3 aliphatic heterocycles. The van der Waals surface area contributed by atoms with E-state index in [0.717, 1.165) is 56.0 Å². The molecule has 3 aromatic carbocycles. The van der Waals surface area contributed by atoms with E-state index in [0.29, 0.717) is 6.61 Å². The highest BCUT2D eigenvalue weighted by molar-refractivity contribution is 6.06. The molecule has 5 nitrogen and oxygen atoms in total. The predicted octanol–water partition coefficient (Wildman–Crippen LogP) is 4.52. The van der Waals surface area contributed by atoms with Gasteiger partial charge in [0, 0.05) is 38.4 Å². The summed E-state index contributed by atoms with van der Waals surface area (Å²) in [5, 5.41) is 3.05. The molecule has 0 aliphatic carbocycles. The van der Waals surface area contributed by atoms with E-state index in [1.165, 1.54) is 11.1 Å². The zero-order valence-electron chi connectivity index (χ0n) is 20.6. The fraction of sp³-hybridized carbons (Fsp3) is 0.367. The number of ether oxygens (including phenoxy) is 1. The summed E-state index contributed by atoms with van der Waals surface area (Å²) in [5.74, 6) is -0.143. The Kier molecular flexibility index (Phi) is 6.12. The van der Waals surface area contributed by atoms with Gasteiger partial charge in [-0.05, 0) is 48.2 Å². The minimum Gasteiger partial charge on any atom is -0.375 e. The van der Waals surface area contributed by atoms with E-state index in [9.17, 15) is 9.18 Å². The summed E-state index contributed by atoms with van der Waals surface area (Å²) >= 11 is 0. The molecule has 0 radical (unpaired) electrons. The summed E-state index contributed by atoms with van der Waals surface area (Å²) < 4.78 is 19.9. The highest BCUT2D eigenvalue weighted by Gasteiger charge is 2.52. The zero-order valence-corrected chi connectivity index (χ0v) is 20.6. The van der Waals surface area contributed by atoms with Crippen molar-refractivity contribution >= 4 is 11.6 Å². The van der Waals surface area contributed by atoms with Crippen LogP contribution in [0.1, 0.15) is 34.7 Å². The van der Waals surface area contributed by atoms with Crippen LogP contribution in [0.4, 0.5) is 10.1 Å². The number of anilines is 1. The van der Waals surface area contributed by atoms with Crippen molar-refractivity contribution in [1.82, 2.24) is 9.80 Å². The normalized spacial score (nSPS) is 25.2. The van der Waals surface area contributed by atoms with Crippen LogP contribution in [0.5, 0.6) is 0 Å². The van der Waals surface area contributed by atoms with Crippen LogP contribution in [0.25, 0.3) is 0 Å². The average Bonchev–Trinajstić information content (AvgIpc) is 3.44. The number of nitrogens with zero attached hydrogens (tertiary/aromatic N) is 2. The number of halogens is 1. The van der Waals surface area contributed by atoms with Gasteiger partial charge in [0.05, 0.1) is 18.8 Å². The van der Waals surface area contributed by atoms with Gasteiger partial charge in [0.15, 0.2) is 0 Å². The number of hydrogen-bond acceptors (Lipinski definition) is 4. The Labute approximate surface area is 211 Å². The van der Waals surface area contributed by atoms with Gasteiger partial charge in [-0.3, -0.25) is 14.6 Å². The van der Waals surface area contributed by atoms with Gasteiger partial charge in [-0.25, -0.2) is 4.39 Å². The Bertz CT molecular complexity index is 1190. The largest absolute Gasteiger partial charge is 0.375 e. The number of benzene rings is 3. The maximum absolute atomic E-state index is 13.7. The van der Waals surface area contributed by atoms with Gasteiger partial charge >= 0.3 is 0 Å². The lowest BCUT2D eigenvalue weighted by Gasteiger charge is -2.40. The number of carbonyl (C=O) groups is 1. The molecule has 3 aromatic rings. The number of piperazine rings is 1. The minimum atomic E-state index is -0.553. The fourth-order valence-electron chi connectivity index (χ4n) is 6.10. The highest BCUT2D eigenvalue weighted by Crippen LogP contribution is 2.45. The molecule has 3 unspecified atom stereocenters. The van der Waals surface area contributed by atoms with Gasteiger partial charge in [0.1, 0.15) is 11.2 Å². The minimum absolute atomic E-state index is 0.0402. The third kappa shape index (κ3) is 4.23. The van der Waals surface area contributed by atoms with Crippen LogP contribution in [0.15, 0.2) is 72.8 Å². The lowest BCUT2D eigenvalue weighted by atomic mass is 9.79. The van der Waals surface area contributed by atoms with Crippen molar-refractivity contribution in [3.63, 3.8) is 0 Å². The molecule has 0 bridgehead atoms. The third-order valence-corrected chi connectivity index (χ3v) is 8.08. The van der Waals surface area contributed by atoms with E-state index in [4.69, 9.17) is 4.74 Å². The van der Waals surface area contributed by atoms with Crippen molar-refractivity contribution in [1.29, 1.82) is 0 Å². The first-order chi connectivity index (χ1) is 17.5. The Hall–Kier alpha value is -3.06. The standard InChI is InChI=1S/C30H32FN3O2/c1-21-6-8-22(9-7-21)28(23-10-12-24(31)13-11-23)34-16-14-33(15-17-34)19-25-18-30(20-36-25)26-4-2-3-5-27(26)32-29(30)35/h2-13,25,28H,14-20H2,1H3,(H,32,35). The summed E-state index contributed by atoms with van der Waals surface area (Å²) in [6, 6.07) is 23.7. The average molecular weight is 486 g/mol. The number of carbonyl (C=O) groups excluding carboxylic acids is 1. The van der Waals surface area contributed by atoms with Gasteiger partial charge in [-0.1, -0.05) is 60.2 Å². The summed E-state index contributed by atoms with van der Waals surface area (Å²) in [5.41, 5.74) is 5.01. The Balaban J connectivity index is 1.13. The molecular formula is C30H32FN3O2. The summed E-state index contributed by atoms with van der Waals surface area (Å²) in [6.07, 6.45) is 0.760. The molecule has 1 N–H and O–H groups in total. The van der Waals surface area contributed by atoms with E-state index in [2.05, 4.69) is 52.4 Å². The number of aryl methyl sites for hydroxylation is 1. The van der Waals surface area contributed by atoms with E-state index < -0.39 is 5.41 Å². The molecule has 3 heterocycles. The first kappa shape index (κ1) is 23.3. The number of para-hydroxylation sites is 1. The summed E-state index contributed by atoms with van der Waals surface area (Å²) in [4.78, 5) is 17.8. The topological polar surface area (TPSA) is 44.8 Å². The molecule has 0 aromatic heterocycles. The molecule has 6 heteroatoms. The number of hydrogen-bond donors (Lipinski definition) is 1. The molecule has 3 atom stereocenters. The van der Waals surface area contributed by atoms with Crippen LogP contribution < -0.4 is 5.32 Å². The van der Waals surface area contributed by atoms with Gasteiger partial charge in [0.2, 0.25) is 5.91 Å². The maximum Gasteiger partial charge on any atom is 0.237 e.